The first kappa shape index (κ1) is 15.1. The fourth-order valence-corrected chi connectivity index (χ4v) is 2.81. The maximum atomic E-state index is 6.17. The molecule has 0 saturated carbocycles. The number of aromatic nitrogens is 1. The number of rotatable bonds is 5. The Balaban J connectivity index is 1.64. The van der Waals surface area contributed by atoms with E-state index in [9.17, 15) is 0 Å². The van der Waals surface area contributed by atoms with Crippen molar-refractivity contribution in [3.8, 4) is 11.5 Å². The van der Waals surface area contributed by atoms with Crippen molar-refractivity contribution in [1.82, 2.24) is 4.98 Å². The monoisotopic (exact) mass is 331 g/mol. The van der Waals surface area contributed by atoms with Gasteiger partial charge < -0.3 is 4.42 Å². The third-order valence-corrected chi connectivity index (χ3v) is 3.99. The normalized spacial score (nSPS) is 10.8. The standard InChI is InChI=1S/C18H15Cl2NO/c19-14-9-10-16(17(20)11-14)18-21-12-15(22-18)8-4-7-13-5-2-1-3-6-13/h1-3,5-6,9-12H,4,7-8H2. The molecule has 0 aliphatic rings. The smallest absolute Gasteiger partial charge is 0.227 e. The topological polar surface area (TPSA) is 26.0 Å². The van der Waals surface area contributed by atoms with Crippen LogP contribution in [0.3, 0.4) is 0 Å². The van der Waals surface area contributed by atoms with Crippen LogP contribution in [0, 0.1) is 0 Å². The Labute approximate surface area is 139 Å². The summed E-state index contributed by atoms with van der Waals surface area (Å²) in [5, 5.41) is 1.15. The van der Waals surface area contributed by atoms with E-state index < -0.39 is 0 Å². The van der Waals surface area contributed by atoms with Gasteiger partial charge in [-0.05, 0) is 36.6 Å². The van der Waals surface area contributed by atoms with E-state index in [1.807, 2.05) is 12.1 Å². The zero-order chi connectivity index (χ0) is 15.4. The largest absolute Gasteiger partial charge is 0.441 e. The van der Waals surface area contributed by atoms with Crippen LogP contribution in [-0.2, 0) is 12.8 Å². The third kappa shape index (κ3) is 3.70. The van der Waals surface area contributed by atoms with E-state index in [-0.39, 0.29) is 0 Å². The molecule has 2 aromatic carbocycles. The van der Waals surface area contributed by atoms with Crippen molar-refractivity contribution >= 4 is 23.2 Å². The van der Waals surface area contributed by atoms with Crippen LogP contribution in [-0.4, -0.2) is 4.98 Å². The summed E-state index contributed by atoms with van der Waals surface area (Å²) in [5.74, 6) is 1.41. The number of aryl methyl sites for hydroxylation is 2. The summed E-state index contributed by atoms with van der Waals surface area (Å²) in [4.78, 5) is 4.31. The highest BCUT2D eigenvalue weighted by Gasteiger charge is 2.10. The second-order valence-corrected chi connectivity index (χ2v) is 5.94. The zero-order valence-electron chi connectivity index (χ0n) is 11.9. The number of hydrogen-bond acceptors (Lipinski definition) is 2. The van der Waals surface area contributed by atoms with Crippen molar-refractivity contribution in [3.05, 3.63) is 76.1 Å². The van der Waals surface area contributed by atoms with Gasteiger partial charge in [0.05, 0.1) is 16.8 Å². The predicted molar refractivity (Wildman–Crippen MR) is 90.4 cm³/mol. The van der Waals surface area contributed by atoms with Crippen LogP contribution in [0.1, 0.15) is 17.7 Å². The molecule has 2 nitrogen and oxygen atoms in total. The minimum Gasteiger partial charge on any atom is -0.441 e. The van der Waals surface area contributed by atoms with E-state index in [4.69, 9.17) is 27.6 Å². The lowest BCUT2D eigenvalue weighted by atomic mass is 10.1. The first-order chi connectivity index (χ1) is 10.7. The minimum atomic E-state index is 0.538. The maximum Gasteiger partial charge on any atom is 0.227 e. The van der Waals surface area contributed by atoms with E-state index in [0.717, 1.165) is 30.6 Å². The molecule has 0 fully saturated rings. The average Bonchev–Trinajstić information content (AvgIpc) is 2.97. The molecule has 3 aromatic rings. The Morgan fingerprint density at radius 3 is 2.55 bits per heavy atom. The van der Waals surface area contributed by atoms with Gasteiger partial charge in [0.25, 0.3) is 0 Å². The molecule has 0 amide bonds. The number of benzene rings is 2. The van der Waals surface area contributed by atoms with E-state index in [1.54, 1.807) is 18.3 Å². The predicted octanol–water partition coefficient (Wildman–Crippen LogP) is 5.82. The Hall–Kier alpha value is -1.77. The van der Waals surface area contributed by atoms with Gasteiger partial charge in [-0.3, -0.25) is 0 Å². The maximum absolute atomic E-state index is 6.17. The van der Waals surface area contributed by atoms with Crippen LogP contribution in [0.2, 0.25) is 10.0 Å². The zero-order valence-corrected chi connectivity index (χ0v) is 13.4. The number of nitrogens with zero attached hydrogens (tertiary/aromatic N) is 1. The molecular weight excluding hydrogens is 317 g/mol. The van der Waals surface area contributed by atoms with Crippen molar-refractivity contribution in [2.45, 2.75) is 19.3 Å². The van der Waals surface area contributed by atoms with Crippen LogP contribution in [0.4, 0.5) is 0 Å². The minimum absolute atomic E-state index is 0.538. The lowest BCUT2D eigenvalue weighted by Gasteiger charge is -2.01. The Morgan fingerprint density at radius 1 is 0.955 bits per heavy atom. The second-order valence-electron chi connectivity index (χ2n) is 5.10. The average molecular weight is 332 g/mol. The molecule has 0 aliphatic heterocycles. The molecule has 1 heterocycles. The van der Waals surface area contributed by atoms with Crippen LogP contribution in [0.25, 0.3) is 11.5 Å². The van der Waals surface area contributed by atoms with Crippen molar-refractivity contribution in [3.63, 3.8) is 0 Å². The quantitative estimate of drug-likeness (QED) is 0.588. The van der Waals surface area contributed by atoms with Crippen molar-refractivity contribution in [2.24, 2.45) is 0 Å². The van der Waals surface area contributed by atoms with Gasteiger partial charge >= 0.3 is 0 Å². The van der Waals surface area contributed by atoms with Gasteiger partial charge in [0, 0.05) is 11.4 Å². The Kier molecular flexibility index (Phi) is 4.81. The molecule has 4 heteroatoms. The van der Waals surface area contributed by atoms with Crippen molar-refractivity contribution in [1.29, 1.82) is 0 Å². The van der Waals surface area contributed by atoms with Crippen molar-refractivity contribution in [2.75, 3.05) is 0 Å². The van der Waals surface area contributed by atoms with Crippen LogP contribution >= 0.6 is 23.2 Å². The molecule has 0 saturated heterocycles. The van der Waals surface area contributed by atoms with Crippen LogP contribution in [0.15, 0.2) is 59.1 Å². The summed E-state index contributed by atoms with van der Waals surface area (Å²) in [6.45, 7) is 0. The SMILES string of the molecule is Clc1ccc(-c2ncc(CCCc3ccccc3)o2)c(Cl)c1. The molecular formula is C18H15Cl2NO. The lowest BCUT2D eigenvalue weighted by Crippen LogP contribution is -1.88. The van der Waals surface area contributed by atoms with Crippen molar-refractivity contribution < 1.29 is 4.42 Å². The van der Waals surface area contributed by atoms with E-state index in [0.29, 0.717) is 15.9 Å². The molecule has 112 valence electrons. The van der Waals surface area contributed by atoms with Gasteiger partial charge in [0.2, 0.25) is 5.89 Å². The van der Waals surface area contributed by atoms with E-state index in [2.05, 4.69) is 29.2 Å². The summed E-state index contributed by atoms with van der Waals surface area (Å²) >= 11 is 12.1. The lowest BCUT2D eigenvalue weighted by molar-refractivity contribution is 0.510. The summed E-state index contributed by atoms with van der Waals surface area (Å²) in [7, 11) is 0. The van der Waals surface area contributed by atoms with Gasteiger partial charge in [-0.15, -0.1) is 0 Å². The number of oxazole rings is 1. The molecule has 0 radical (unpaired) electrons. The summed E-state index contributed by atoms with van der Waals surface area (Å²) in [6.07, 6.45) is 4.67. The molecule has 0 unspecified atom stereocenters. The highest BCUT2D eigenvalue weighted by molar-refractivity contribution is 6.36. The fraction of sp³-hybridized carbons (Fsp3) is 0.167. The molecule has 0 spiro atoms. The Morgan fingerprint density at radius 2 is 1.77 bits per heavy atom. The Bertz CT molecular complexity index is 753. The second kappa shape index (κ2) is 6.99. The molecule has 0 bridgehead atoms. The third-order valence-electron chi connectivity index (χ3n) is 3.45. The first-order valence-electron chi connectivity index (χ1n) is 7.16. The van der Waals surface area contributed by atoms with Crippen LogP contribution < -0.4 is 0 Å². The summed E-state index contributed by atoms with van der Waals surface area (Å²) < 4.78 is 5.79. The van der Waals surface area contributed by atoms with Gasteiger partial charge in [-0.25, -0.2) is 4.98 Å². The van der Waals surface area contributed by atoms with Gasteiger partial charge in [0.1, 0.15) is 5.76 Å². The molecule has 22 heavy (non-hydrogen) atoms. The summed E-state index contributed by atoms with van der Waals surface area (Å²) in [6, 6.07) is 15.7. The molecule has 0 atom stereocenters. The van der Waals surface area contributed by atoms with Gasteiger partial charge in [-0.1, -0.05) is 53.5 Å². The fourth-order valence-electron chi connectivity index (χ4n) is 2.32. The highest BCUT2D eigenvalue weighted by atomic mass is 35.5. The van der Waals surface area contributed by atoms with Crippen LogP contribution in [0.5, 0.6) is 0 Å². The molecule has 0 aliphatic carbocycles. The number of halogens is 2. The molecule has 1 aromatic heterocycles. The molecule has 3 rings (SSSR count). The number of hydrogen-bond donors (Lipinski definition) is 0. The van der Waals surface area contributed by atoms with Gasteiger partial charge in [0.15, 0.2) is 0 Å². The summed E-state index contributed by atoms with van der Waals surface area (Å²) in [5.41, 5.74) is 2.10. The van der Waals surface area contributed by atoms with E-state index >= 15 is 0 Å². The highest BCUT2D eigenvalue weighted by Crippen LogP contribution is 2.30. The van der Waals surface area contributed by atoms with Gasteiger partial charge in [-0.2, -0.15) is 0 Å². The van der Waals surface area contributed by atoms with E-state index in [1.165, 1.54) is 5.56 Å². The first-order valence-corrected chi connectivity index (χ1v) is 7.92. The molecule has 0 N–H and O–H groups in total.